The Morgan fingerprint density at radius 1 is 1.22 bits per heavy atom. The molecule has 4 nitrogen and oxygen atoms in total. The highest BCUT2D eigenvalue weighted by molar-refractivity contribution is 7.99. The fourth-order valence-electron chi connectivity index (χ4n) is 2.22. The van der Waals surface area contributed by atoms with Crippen molar-refractivity contribution < 1.29 is 31.5 Å². The van der Waals surface area contributed by atoms with Crippen LogP contribution in [0.1, 0.15) is 28.9 Å². The van der Waals surface area contributed by atoms with Gasteiger partial charge in [-0.25, -0.2) is 4.98 Å². The van der Waals surface area contributed by atoms with E-state index in [2.05, 4.69) is 15.0 Å². The monoisotopic (exact) mass is 406 g/mol. The molecule has 0 aliphatic rings. The Morgan fingerprint density at radius 2 is 1.93 bits per heavy atom. The summed E-state index contributed by atoms with van der Waals surface area (Å²) in [5.74, 6) is -1.96. The molecule has 1 unspecified atom stereocenters. The molecule has 0 radical (unpaired) electrons. The number of nitrogens with zero attached hydrogens (tertiary/aromatic N) is 1. The van der Waals surface area contributed by atoms with E-state index in [1.54, 1.807) is 13.0 Å². The number of pyridine rings is 1. The minimum atomic E-state index is -4.41. The molecule has 0 fully saturated rings. The quantitative estimate of drug-likeness (QED) is 0.529. The molecule has 0 aliphatic carbocycles. The van der Waals surface area contributed by atoms with Crippen molar-refractivity contribution in [3.8, 4) is 5.75 Å². The molecule has 0 saturated heterocycles. The lowest BCUT2D eigenvalue weighted by atomic mass is 10.1. The summed E-state index contributed by atoms with van der Waals surface area (Å²) in [7, 11) is 0. The molecule has 146 valence electrons. The number of carbonyl (C=O) groups is 1. The van der Waals surface area contributed by atoms with Gasteiger partial charge in [0.05, 0.1) is 17.4 Å². The van der Waals surface area contributed by atoms with Crippen LogP contribution in [0.25, 0.3) is 0 Å². The van der Waals surface area contributed by atoms with Crippen LogP contribution in [0, 0.1) is 0 Å². The highest BCUT2D eigenvalue weighted by Crippen LogP contribution is 2.29. The summed E-state index contributed by atoms with van der Waals surface area (Å²) in [4.78, 5) is 16.3. The van der Waals surface area contributed by atoms with E-state index in [0.29, 0.717) is 17.3 Å². The van der Waals surface area contributed by atoms with Crippen LogP contribution in [0.5, 0.6) is 5.75 Å². The molecule has 27 heavy (non-hydrogen) atoms. The molecule has 0 saturated carbocycles. The number of para-hydroxylation sites is 1. The van der Waals surface area contributed by atoms with E-state index in [1.165, 1.54) is 36.5 Å². The first-order valence-corrected chi connectivity index (χ1v) is 8.65. The first kappa shape index (κ1) is 20.9. The Hall–Kier alpha value is -2.36. The molecule has 0 bridgehead atoms. The standard InChI is InChI=1S/C17H15F5N2O2S/c1-10(11-5-2-3-7-13(11)26-16(18)19)24-14(25)12-6-4-8-23-15(12)27-9-17(20,21)22/h2-8,10,16H,9H2,1H3,(H,24,25). The number of benzene rings is 1. The number of halogens is 5. The molecule has 1 aromatic heterocycles. The number of aromatic nitrogens is 1. The zero-order valence-corrected chi connectivity index (χ0v) is 14.8. The SMILES string of the molecule is CC(NC(=O)c1cccnc1SCC(F)(F)F)c1ccccc1OC(F)F. The Balaban J connectivity index is 2.16. The van der Waals surface area contributed by atoms with Crippen molar-refractivity contribution in [2.45, 2.75) is 30.8 Å². The fourth-order valence-corrected chi connectivity index (χ4v) is 2.97. The van der Waals surface area contributed by atoms with E-state index in [4.69, 9.17) is 0 Å². The summed E-state index contributed by atoms with van der Waals surface area (Å²) in [6, 6.07) is 7.96. The summed E-state index contributed by atoms with van der Waals surface area (Å²) in [5.41, 5.74) is 0.269. The number of hydrogen-bond donors (Lipinski definition) is 1. The summed E-state index contributed by atoms with van der Waals surface area (Å²) in [5, 5.41) is 2.49. The molecular formula is C17H15F5N2O2S. The lowest BCUT2D eigenvalue weighted by molar-refractivity contribution is -0.105. The van der Waals surface area contributed by atoms with Gasteiger partial charge in [0.1, 0.15) is 10.8 Å². The number of nitrogens with one attached hydrogen (secondary N) is 1. The van der Waals surface area contributed by atoms with Crippen molar-refractivity contribution in [1.29, 1.82) is 0 Å². The summed E-state index contributed by atoms with van der Waals surface area (Å²) in [6.45, 7) is -1.48. The molecule has 0 spiro atoms. The van der Waals surface area contributed by atoms with Crippen LogP contribution in [-0.4, -0.2) is 29.4 Å². The summed E-state index contributed by atoms with van der Waals surface area (Å²) < 4.78 is 66.7. The molecule has 2 rings (SSSR count). The molecule has 10 heteroatoms. The van der Waals surface area contributed by atoms with E-state index < -0.39 is 30.5 Å². The van der Waals surface area contributed by atoms with E-state index in [1.807, 2.05) is 0 Å². The zero-order valence-electron chi connectivity index (χ0n) is 14.0. The third kappa shape index (κ3) is 6.38. The van der Waals surface area contributed by atoms with Gasteiger partial charge in [0.15, 0.2) is 0 Å². The molecule has 1 atom stereocenters. The van der Waals surface area contributed by atoms with E-state index in [9.17, 15) is 26.7 Å². The Kier molecular flexibility index (Phi) is 7.00. The van der Waals surface area contributed by atoms with E-state index >= 15 is 0 Å². The van der Waals surface area contributed by atoms with Gasteiger partial charge in [-0.15, -0.1) is 0 Å². The van der Waals surface area contributed by atoms with Crippen molar-refractivity contribution >= 4 is 17.7 Å². The molecule has 2 aromatic rings. The summed E-state index contributed by atoms with van der Waals surface area (Å²) >= 11 is 0.396. The molecule has 1 amide bonds. The third-order valence-electron chi connectivity index (χ3n) is 3.34. The van der Waals surface area contributed by atoms with Crippen molar-refractivity contribution in [2.75, 3.05) is 5.75 Å². The topological polar surface area (TPSA) is 51.2 Å². The first-order valence-electron chi connectivity index (χ1n) is 7.66. The van der Waals surface area contributed by atoms with Crippen molar-refractivity contribution in [2.24, 2.45) is 0 Å². The first-order chi connectivity index (χ1) is 12.7. The number of rotatable bonds is 7. The van der Waals surface area contributed by atoms with Crippen LogP contribution in [0.15, 0.2) is 47.6 Å². The van der Waals surface area contributed by atoms with Gasteiger partial charge in [0.25, 0.3) is 5.91 Å². The van der Waals surface area contributed by atoms with Gasteiger partial charge in [-0.05, 0) is 25.1 Å². The molecule has 0 aliphatic heterocycles. The Bertz CT molecular complexity index is 786. The van der Waals surface area contributed by atoms with Gasteiger partial charge in [-0.3, -0.25) is 4.79 Å². The number of alkyl halides is 5. The van der Waals surface area contributed by atoms with Crippen molar-refractivity contribution in [1.82, 2.24) is 10.3 Å². The normalized spacial score (nSPS) is 12.7. The van der Waals surface area contributed by atoms with Crippen molar-refractivity contribution in [3.63, 3.8) is 0 Å². The molecule has 1 aromatic carbocycles. The highest BCUT2D eigenvalue weighted by atomic mass is 32.2. The third-order valence-corrected chi connectivity index (χ3v) is 4.41. The van der Waals surface area contributed by atoms with Crippen LogP contribution < -0.4 is 10.1 Å². The maximum absolute atomic E-state index is 12.5. The largest absolute Gasteiger partial charge is 0.434 e. The molecule has 1 heterocycles. The fraction of sp³-hybridized carbons (Fsp3) is 0.294. The average Bonchev–Trinajstić information content (AvgIpc) is 2.59. The van der Waals surface area contributed by atoms with Crippen LogP contribution >= 0.6 is 11.8 Å². The predicted molar refractivity (Wildman–Crippen MR) is 90.0 cm³/mol. The van der Waals surface area contributed by atoms with Crippen molar-refractivity contribution in [3.05, 3.63) is 53.7 Å². The van der Waals surface area contributed by atoms with Crippen LogP contribution in [0.4, 0.5) is 22.0 Å². The van der Waals surface area contributed by atoms with Gasteiger partial charge in [-0.2, -0.15) is 22.0 Å². The lowest BCUT2D eigenvalue weighted by Crippen LogP contribution is -2.28. The maximum Gasteiger partial charge on any atom is 0.398 e. The predicted octanol–water partition coefficient (Wildman–Crippen LogP) is 4.83. The lowest BCUT2D eigenvalue weighted by Gasteiger charge is -2.18. The number of hydrogen-bond acceptors (Lipinski definition) is 4. The van der Waals surface area contributed by atoms with Crippen LogP contribution in [0.2, 0.25) is 0 Å². The van der Waals surface area contributed by atoms with Gasteiger partial charge in [0, 0.05) is 11.8 Å². The minimum Gasteiger partial charge on any atom is -0.434 e. The zero-order chi connectivity index (χ0) is 20.0. The van der Waals surface area contributed by atoms with E-state index in [0.717, 1.165) is 0 Å². The number of ether oxygens (including phenoxy) is 1. The minimum absolute atomic E-state index is 0.0362. The van der Waals surface area contributed by atoms with Gasteiger partial charge < -0.3 is 10.1 Å². The van der Waals surface area contributed by atoms with Crippen LogP contribution in [-0.2, 0) is 0 Å². The Morgan fingerprint density at radius 3 is 2.59 bits per heavy atom. The van der Waals surface area contributed by atoms with Crippen LogP contribution in [0.3, 0.4) is 0 Å². The molecular weight excluding hydrogens is 391 g/mol. The molecule has 1 N–H and O–H groups in total. The second-order valence-corrected chi connectivity index (χ2v) is 6.34. The summed E-state index contributed by atoms with van der Waals surface area (Å²) in [6.07, 6.45) is -3.13. The van der Waals surface area contributed by atoms with Gasteiger partial charge >= 0.3 is 12.8 Å². The number of amides is 1. The van der Waals surface area contributed by atoms with Gasteiger partial charge in [0.2, 0.25) is 0 Å². The second kappa shape index (κ2) is 9.03. The second-order valence-electron chi connectivity index (χ2n) is 5.37. The smallest absolute Gasteiger partial charge is 0.398 e. The Labute approximate surface area is 156 Å². The number of carbonyl (C=O) groups excluding carboxylic acids is 1. The average molecular weight is 406 g/mol. The maximum atomic E-state index is 12.5. The van der Waals surface area contributed by atoms with E-state index in [-0.39, 0.29) is 16.3 Å². The number of thioether (sulfide) groups is 1. The highest BCUT2D eigenvalue weighted by Gasteiger charge is 2.29. The van der Waals surface area contributed by atoms with Gasteiger partial charge in [-0.1, -0.05) is 30.0 Å².